The predicted octanol–water partition coefficient (Wildman–Crippen LogP) is 4.33. The Kier molecular flexibility index (Phi) is 6.54. The summed E-state index contributed by atoms with van der Waals surface area (Å²) in [5, 5.41) is 10.6. The summed E-state index contributed by atoms with van der Waals surface area (Å²) in [5.74, 6) is -4.72. The van der Waals surface area contributed by atoms with Gasteiger partial charge in [-0.3, -0.25) is 9.78 Å². The molecule has 1 aromatic carbocycles. The fourth-order valence-corrected chi connectivity index (χ4v) is 4.85. The van der Waals surface area contributed by atoms with Crippen LogP contribution in [-0.4, -0.2) is 46.2 Å². The van der Waals surface area contributed by atoms with Crippen molar-refractivity contribution >= 4 is 22.8 Å². The topological polar surface area (TPSA) is 92.3 Å². The predicted molar refractivity (Wildman–Crippen MR) is 116 cm³/mol. The molecule has 0 bridgehead atoms. The maximum Gasteiger partial charge on any atom is 0.393 e. The number of aromatic hydroxyl groups is 1. The van der Waals surface area contributed by atoms with Crippen LogP contribution < -0.4 is 10.6 Å². The van der Waals surface area contributed by atoms with Crippen molar-refractivity contribution in [2.75, 3.05) is 18.0 Å². The molecular weight excluding hydrogens is 479 g/mol. The summed E-state index contributed by atoms with van der Waals surface area (Å²) >= 11 is 0.850. The quantitative estimate of drug-likeness (QED) is 0.402. The van der Waals surface area contributed by atoms with Crippen LogP contribution in [0.1, 0.15) is 22.5 Å². The van der Waals surface area contributed by atoms with Crippen molar-refractivity contribution in [3.63, 3.8) is 0 Å². The van der Waals surface area contributed by atoms with Gasteiger partial charge in [-0.15, -0.1) is 11.3 Å². The number of anilines is 1. The molecule has 12 heteroatoms. The number of thiazole rings is 1. The highest BCUT2D eigenvalue weighted by Gasteiger charge is 2.44. The first-order valence-corrected chi connectivity index (χ1v) is 11.1. The molecule has 2 atom stereocenters. The molecule has 0 radical (unpaired) electrons. The SMILES string of the molecule is N[C@H]1C[C@@H](C(F)(F)F)CN(c2ccncc2CC(=O)c2csc(-c3c(F)cc(O)cc3F)n2)C1. The minimum absolute atomic E-state index is 0.0507. The molecule has 34 heavy (non-hydrogen) atoms. The molecule has 4 rings (SSSR count). The lowest BCUT2D eigenvalue weighted by Crippen LogP contribution is -2.51. The lowest BCUT2D eigenvalue weighted by molar-refractivity contribution is -0.177. The van der Waals surface area contributed by atoms with E-state index in [1.807, 2.05) is 0 Å². The number of Topliss-reactive ketones (excluding diaryl/α,β-unsaturated/α-hetero) is 1. The molecule has 0 saturated carbocycles. The molecule has 1 fully saturated rings. The Morgan fingerprint density at radius 1 is 1.24 bits per heavy atom. The van der Waals surface area contributed by atoms with E-state index < -0.39 is 46.9 Å². The monoisotopic (exact) mass is 498 g/mol. The van der Waals surface area contributed by atoms with E-state index in [4.69, 9.17) is 5.73 Å². The number of halogens is 5. The number of carbonyl (C=O) groups excluding carboxylic acids is 1. The maximum atomic E-state index is 14.1. The Morgan fingerprint density at radius 3 is 2.62 bits per heavy atom. The Labute approximate surface area is 194 Å². The zero-order valence-corrected chi connectivity index (χ0v) is 18.3. The number of aromatic nitrogens is 2. The minimum atomic E-state index is -4.39. The van der Waals surface area contributed by atoms with E-state index in [9.17, 15) is 31.9 Å². The van der Waals surface area contributed by atoms with Crippen molar-refractivity contribution < 1.29 is 31.9 Å². The maximum absolute atomic E-state index is 14.1. The second kappa shape index (κ2) is 9.26. The number of rotatable bonds is 5. The molecule has 6 nitrogen and oxygen atoms in total. The van der Waals surface area contributed by atoms with Crippen LogP contribution >= 0.6 is 11.3 Å². The Hall–Kier alpha value is -3.12. The number of benzene rings is 1. The van der Waals surface area contributed by atoms with E-state index >= 15 is 0 Å². The highest BCUT2D eigenvalue weighted by molar-refractivity contribution is 7.13. The van der Waals surface area contributed by atoms with Gasteiger partial charge in [0, 0.05) is 66.7 Å². The van der Waals surface area contributed by atoms with Gasteiger partial charge in [0.15, 0.2) is 5.78 Å². The summed E-state index contributed by atoms with van der Waals surface area (Å²) in [5.41, 5.74) is 6.16. The van der Waals surface area contributed by atoms with Crippen molar-refractivity contribution in [1.29, 1.82) is 0 Å². The fourth-order valence-electron chi connectivity index (χ4n) is 3.98. The van der Waals surface area contributed by atoms with E-state index in [1.54, 1.807) is 0 Å². The van der Waals surface area contributed by atoms with E-state index in [-0.39, 0.29) is 36.6 Å². The van der Waals surface area contributed by atoms with Crippen LogP contribution in [-0.2, 0) is 6.42 Å². The molecular formula is C22H19F5N4O2S. The highest BCUT2D eigenvalue weighted by Crippen LogP contribution is 2.36. The molecule has 1 aliphatic heterocycles. The van der Waals surface area contributed by atoms with Crippen molar-refractivity contribution in [2.45, 2.75) is 25.1 Å². The smallest absolute Gasteiger partial charge is 0.393 e. The summed E-state index contributed by atoms with van der Waals surface area (Å²) in [7, 11) is 0. The summed E-state index contributed by atoms with van der Waals surface area (Å²) in [4.78, 5) is 22.4. The third kappa shape index (κ3) is 5.02. The van der Waals surface area contributed by atoms with Crippen molar-refractivity contribution in [3.8, 4) is 16.3 Å². The molecule has 0 amide bonds. The molecule has 1 aliphatic rings. The van der Waals surface area contributed by atoms with Gasteiger partial charge < -0.3 is 15.7 Å². The number of ketones is 1. The zero-order valence-electron chi connectivity index (χ0n) is 17.5. The van der Waals surface area contributed by atoms with E-state index in [0.29, 0.717) is 11.3 Å². The molecule has 0 aliphatic carbocycles. The number of phenolic OH excluding ortho intramolecular Hbond substituents is 1. The number of alkyl halides is 3. The van der Waals surface area contributed by atoms with E-state index in [1.165, 1.54) is 28.7 Å². The van der Waals surface area contributed by atoms with Crippen LogP contribution in [0.3, 0.4) is 0 Å². The third-order valence-electron chi connectivity index (χ3n) is 5.55. The number of piperidine rings is 1. The van der Waals surface area contributed by atoms with Gasteiger partial charge in [-0.05, 0) is 12.5 Å². The fraction of sp³-hybridized carbons (Fsp3) is 0.318. The number of nitrogens with zero attached hydrogens (tertiary/aromatic N) is 3. The second-order valence-electron chi connectivity index (χ2n) is 8.07. The summed E-state index contributed by atoms with van der Waals surface area (Å²) in [6.07, 6.45) is -1.98. The molecule has 180 valence electrons. The zero-order chi connectivity index (χ0) is 24.6. The van der Waals surface area contributed by atoms with Crippen LogP contribution in [0.4, 0.5) is 27.6 Å². The number of hydrogen-bond donors (Lipinski definition) is 2. The average Bonchev–Trinajstić information content (AvgIpc) is 3.22. The Bertz CT molecular complexity index is 1190. The molecule has 3 N–H and O–H groups in total. The summed E-state index contributed by atoms with van der Waals surface area (Å²) in [6, 6.07) is 2.32. The van der Waals surface area contributed by atoms with Crippen LogP contribution in [0.15, 0.2) is 36.0 Å². The molecule has 3 aromatic rings. The first-order chi connectivity index (χ1) is 16.0. The molecule has 0 spiro atoms. The Balaban J connectivity index is 1.57. The molecule has 0 unspecified atom stereocenters. The first kappa shape index (κ1) is 24.0. The Morgan fingerprint density at radius 2 is 1.94 bits per heavy atom. The molecule has 3 heterocycles. The minimum Gasteiger partial charge on any atom is -0.508 e. The van der Waals surface area contributed by atoms with Crippen molar-refractivity contribution in [2.24, 2.45) is 11.7 Å². The second-order valence-corrected chi connectivity index (χ2v) is 8.92. The van der Waals surface area contributed by atoms with Gasteiger partial charge in [0.05, 0.1) is 11.5 Å². The van der Waals surface area contributed by atoms with Gasteiger partial charge in [0.1, 0.15) is 28.1 Å². The largest absolute Gasteiger partial charge is 0.508 e. The van der Waals surface area contributed by atoms with Gasteiger partial charge in [-0.2, -0.15) is 13.2 Å². The number of nitrogens with two attached hydrogens (primary N) is 1. The lowest BCUT2D eigenvalue weighted by atomic mass is 9.93. The first-order valence-electron chi connectivity index (χ1n) is 10.2. The van der Waals surface area contributed by atoms with Gasteiger partial charge in [0.2, 0.25) is 0 Å². The van der Waals surface area contributed by atoms with Crippen LogP contribution in [0.5, 0.6) is 5.75 Å². The van der Waals surface area contributed by atoms with Gasteiger partial charge in [-0.1, -0.05) is 0 Å². The van der Waals surface area contributed by atoms with Gasteiger partial charge in [-0.25, -0.2) is 13.8 Å². The highest BCUT2D eigenvalue weighted by atomic mass is 32.1. The third-order valence-corrected chi connectivity index (χ3v) is 6.41. The lowest BCUT2D eigenvalue weighted by Gasteiger charge is -2.39. The van der Waals surface area contributed by atoms with Gasteiger partial charge >= 0.3 is 6.18 Å². The summed E-state index contributed by atoms with van der Waals surface area (Å²) < 4.78 is 68.3. The number of phenols is 1. The van der Waals surface area contributed by atoms with E-state index in [2.05, 4.69) is 9.97 Å². The number of carbonyl (C=O) groups is 1. The standard InChI is InChI=1S/C22H19F5N4O2S/c23-15-5-14(32)6-16(24)20(15)21-30-17(10-34-21)19(33)3-11-7-29-2-1-18(11)31-8-12(22(25,26)27)4-13(28)9-31/h1-2,5-7,10,12-13,32H,3-4,8-9,28H2/t12-,13+/m1/s1. The molecule has 1 saturated heterocycles. The van der Waals surface area contributed by atoms with Crippen LogP contribution in [0.2, 0.25) is 0 Å². The average molecular weight is 498 g/mol. The van der Waals surface area contributed by atoms with E-state index in [0.717, 1.165) is 23.5 Å². The van der Waals surface area contributed by atoms with Crippen molar-refractivity contribution in [3.05, 3.63) is 58.9 Å². The number of pyridine rings is 1. The summed E-state index contributed by atoms with van der Waals surface area (Å²) in [6.45, 7) is -0.0965. The van der Waals surface area contributed by atoms with Crippen molar-refractivity contribution in [1.82, 2.24) is 9.97 Å². The normalized spacial score (nSPS) is 18.8. The van der Waals surface area contributed by atoms with Crippen LogP contribution in [0, 0.1) is 17.6 Å². The number of hydrogen-bond acceptors (Lipinski definition) is 7. The van der Waals surface area contributed by atoms with Crippen LogP contribution in [0.25, 0.3) is 10.6 Å². The molecule has 2 aromatic heterocycles. The van der Waals surface area contributed by atoms with Gasteiger partial charge in [0.25, 0.3) is 0 Å².